The summed E-state index contributed by atoms with van der Waals surface area (Å²) in [5, 5.41) is 22.0. The van der Waals surface area contributed by atoms with Gasteiger partial charge in [-0.05, 0) is 47.7 Å². The number of carboxylic acid groups (broad SMARTS) is 1. The fourth-order valence-electron chi connectivity index (χ4n) is 5.98. The first-order chi connectivity index (χ1) is 18.9. The van der Waals surface area contributed by atoms with Gasteiger partial charge in [-0.15, -0.1) is 0 Å². The molecule has 2 aliphatic heterocycles. The number of carbonyl (C=O) groups is 2. The van der Waals surface area contributed by atoms with Crippen LogP contribution in [0.1, 0.15) is 25.3 Å². The Morgan fingerprint density at radius 3 is 2.67 bits per heavy atom. The zero-order valence-electron chi connectivity index (χ0n) is 21.2. The minimum Gasteiger partial charge on any atom is -0.508 e. The van der Waals surface area contributed by atoms with Gasteiger partial charge in [0.15, 0.2) is 12.1 Å². The van der Waals surface area contributed by atoms with Crippen LogP contribution in [-0.2, 0) is 11.2 Å². The number of fused-ring (bicyclic) bond motifs is 4. The second kappa shape index (κ2) is 9.64. The minimum atomic E-state index is -0.952. The van der Waals surface area contributed by atoms with Gasteiger partial charge in [0.1, 0.15) is 29.4 Å². The molecule has 2 bridgehead atoms. The lowest BCUT2D eigenvalue weighted by molar-refractivity contribution is -0.109. The molecule has 11 heteroatoms. The van der Waals surface area contributed by atoms with Gasteiger partial charge in [0.05, 0.1) is 17.5 Å². The summed E-state index contributed by atoms with van der Waals surface area (Å²) in [5.41, 5.74) is 1.40. The Morgan fingerprint density at radius 2 is 1.97 bits per heavy atom. The first-order valence-corrected chi connectivity index (χ1v) is 12.8. The number of aldehydes is 1. The summed E-state index contributed by atoms with van der Waals surface area (Å²) in [5.74, 6) is -0.356. The summed E-state index contributed by atoms with van der Waals surface area (Å²) >= 11 is 0. The largest absolute Gasteiger partial charge is 0.508 e. The lowest BCUT2D eigenvalue weighted by atomic mass is 9.95. The number of phenolic OH excluding ortho intramolecular Hbond substituents is 1. The van der Waals surface area contributed by atoms with Gasteiger partial charge >= 0.3 is 12.1 Å². The van der Waals surface area contributed by atoms with E-state index >= 15 is 4.39 Å². The number of anilines is 1. The number of benzene rings is 2. The molecule has 2 fully saturated rings. The fourth-order valence-corrected chi connectivity index (χ4v) is 5.98. The van der Waals surface area contributed by atoms with Crippen LogP contribution in [0.4, 0.5) is 15.0 Å². The third-order valence-corrected chi connectivity index (χ3v) is 7.61. The minimum absolute atomic E-state index is 0.0165. The number of hydrogen-bond acceptors (Lipinski definition) is 8. The van der Waals surface area contributed by atoms with E-state index in [0.29, 0.717) is 42.6 Å². The predicted molar refractivity (Wildman–Crippen MR) is 142 cm³/mol. The van der Waals surface area contributed by atoms with E-state index in [1.165, 1.54) is 17.2 Å². The zero-order valence-corrected chi connectivity index (χ0v) is 21.2. The summed E-state index contributed by atoms with van der Waals surface area (Å²) in [6.45, 7) is 2.45. The van der Waals surface area contributed by atoms with E-state index in [2.05, 4.69) is 15.0 Å². The average molecular weight is 532 g/mol. The van der Waals surface area contributed by atoms with E-state index in [1.807, 2.05) is 30.0 Å². The van der Waals surface area contributed by atoms with Gasteiger partial charge in [0.2, 0.25) is 0 Å². The van der Waals surface area contributed by atoms with Crippen LogP contribution in [-0.4, -0.2) is 74.2 Å². The molecule has 4 heterocycles. The summed E-state index contributed by atoms with van der Waals surface area (Å²) in [4.78, 5) is 39.4. The van der Waals surface area contributed by atoms with Crippen molar-refractivity contribution in [2.75, 3.05) is 24.6 Å². The number of hydrogen-bond donors (Lipinski definition) is 2. The van der Waals surface area contributed by atoms with E-state index < -0.39 is 11.9 Å². The fraction of sp³-hybridized carbons (Fsp3) is 0.321. The normalized spacial score (nSPS) is 18.6. The van der Waals surface area contributed by atoms with Gasteiger partial charge in [-0.2, -0.15) is 9.97 Å². The van der Waals surface area contributed by atoms with Crippen LogP contribution in [0.15, 0.2) is 36.5 Å². The van der Waals surface area contributed by atoms with Crippen LogP contribution in [0.5, 0.6) is 11.8 Å². The molecular formula is C28H26FN5O5. The van der Waals surface area contributed by atoms with Crippen molar-refractivity contribution in [1.29, 1.82) is 0 Å². The Hall–Kier alpha value is -4.54. The monoisotopic (exact) mass is 531 g/mol. The van der Waals surface area contributed by atoms with Crippen molar-refractivity contribution in [3.05, 3.63) is 47.9 Å². The standard InChI is InChI=1S/C28H26FN5O5/c1-2-15-4-3-5-16-10-19(36)11-20(22(15)16)24-23(29)25-21(12-30-24)26(32-27(31-25)39-9-8-35)33-13-17-6-7-18(14-33)34(17)28(37)38/h3-5,8,10-12,17-18,36H,2,6-7,9,13-14H2,1H3,(H,37,38). The number of aryl methyl sites for hydroxylation is 1. The van der Waals surface area contributed by atoms with E-state index in [0.717, 1.165) is 29.2 Å². The zero-order chi connectivity index (χ0) is 27.3. The van der Waals surface area contributed by atoms with Crippen molar-refractivity contribution in [2.45, 2.75) is 38.3 Å². The summed E-state index contributed by atoms with van der Waals surface area (Å²) < 4.78 is 21.8. The molecule has 4 aromatic rings. The molecule has 0 spiro atoms. The van der Waals surface area contributed by atoms with Crippen molar-refractivity contribution < 1.29 is 28.9 Å². The molecule has 2 aromatic heterocycles. The number of ether oxygens (including phenoxy) is 1. The predicted octanol–water partition coefficient (Wildman–Crippen LogP) is 4.16. The van der Waals surface area contributed by atoms with E-state index in [9.17, 15) is 19.8 Å². The molecule has 2 unspecified atom stereocenters. The second-order valence-electron chi connectivity index (χ2n) is 9.83. The molecule has 2 saturated heterocycles. The van der Waals surface area contributed by atoms with Gasteiger partial charge in [0.25, 0.3) is 0 Å². The van der Waals surface area contributed by atoms with Crippen molar-refractivity contribution >= 4 is 39.9 Å². The van der Waals surface area contributed by atoms with Crippen LogP contribution in [0.3, 0.4) is 0 Å². The van der Waals surface area contributed by atoms with E-state index in [4.69, 9.17) is 4.74 Å². The van der Waals surface area contributed by atoms with Crippen molar-refractivity contribution in [2.24, 2.45) is 0 Å². The Bertz CT molecular complexity index is 1620. The maximum absolute atomic E-state index is 16.4. The number of carbonyl (C=O) groups excluding carboxylic acids is 1. The number of phenols is 1. The van der Waals surface area contributed by atoms with Gasteiger partial charge in [-0.3, -0.25) is 14.7 Å². The highest BCUT2D eigenvalue weighted by atomic mass is 19.1. The molecule has 6 rings (SSSR count). The van der Waals surface area contributed by atoms with E-state index in [-0.39, 0.29) is 41.7 Å². The number of halogens is 1. The first-order valence-electron chi connectivity index (χ1n) is 12.8. The second-order valence-corrected chi connectivity index (χ2v) is 9.83. The lowest BCUT2D eigenvalue weighted by Crippen LogP contribution is -2.55. The molecular weight excluding hydrogens is 505 g/mol. The Labute approximate surface area is 222 Å². The Morgan fingerprint density at radius 1 is 1.21 bits per heavy atom. The van der Waals surface area contributed by atoms with Crippen LogP contribution in [0, 0.1) is 5.82 Å². The number of rotatable bonds is 6. The molecule has 1 amide bonds. The van der Waals surface area contributed by atoms with Crippen molar-refractivity contribution in [3.63, 3.8) is 0 Å². The Kier molecular flexibility index (Phi) is 6.13. The Balaban J connectivity index is 1.53. The number of pyridine rings is 1. The highest BCUT2D eigenvalue weighted by Crippen LogP contribution is 2.39. The van der Waals surface area contributed by atoms with Gasteiger partial charge in [-0.1, -0.05) is 25.1 Å². The number of amides is 1. The summed E-state index contributed by atoms with van der Waals surface area (Å²) in [6, 6.07) is 8.24. The van der Waals surface area contributed by atoms with Gasteiger partial charge < -0.3 is 19.8 Å². The van der Waals surface area contributed by atoms with Crippen LogP contribution in [0.2, 0.25) is 0 Å². The number of aromatic hydroxyl groups is 1. The first kappa shape index (κ1) is 24.8. The molecule has 200 valence electrons. The third kappa shape index (κ3) is 4.14. The molecule has 0 saturated carbocycles. The third-order valence-electron chi connectivity index (χ3n) is 7.61. The molecule has 2 aromatic carbocycles. The number of aromatic nitrogens is 3. The molecule has 39 heavy (non-hydrogen) atoms. The van der Waals surface area contributed by atoms with Gasteiger partial charge in [-0.25, -0.2) is 9.18 Å². The highest BCUT2D eigenvalue weighted by Gasteiger charge is 2.43. The summed E-state index contributed by atoms with van der Waals surface area (Å²) in [6.07, 6.45) is 3.26. The summed E-state index contributed by atoms with van der Waals surface area (Å²) in [7, 11) is 0. The highest BCUT2D eigenvalue weighted by molar-refractivity contribution is 6.01. The molecule has 10 nitrogen and oxygen atoms in total. The van der Waals surface area contributed by atoms with Crippen LogP contribution in [0.25, 0.3) is 32.9 Å². The maximum atomic E-state index is 16.4. The number of piperazine rings is 1. The quantitative estimate of drug-likeness (QED) is 0.352. The van der Waals surface area contributed by atoms with Crippen LogP contribution >= 0.6 is 0 Å². The topological polar surface area (TPSA) is 129 Å². The van der Waals surface area contributed by atoms with Crippen LogP contribution < -0.4 is 9.64 Å². The molecule has 0 aliphatic carbocycles. The van der Waals surface area contributed by atoms with E-state index in [1.54, 1.807) is 6.07 Å². The molecule has 2 atom stereocenters. The smallest absolute Gasteiger partial charge is 0.407 e. The van der Waals surface area contributed by atoms with Gasteiger partial charge in [0, 0.05) is 24.8 Å². The molecule has 2 aliphatic rings. The lowest BCUT2D eigenvalue weighted by Gasteiger charge is -2.40. The number of nitrogens with zero attached hydrogens (tertiary/aromatic N) is 5. The van der Waals surface area contributed by atoms with Crippen molar-refractivity contribution in [1.82, 2.24) is 19.9 Å². The SMILES string of the molecule is CCc1cccc2cc(O)cc(-c3ncc4c(N5CC6CCC(C5)N6C(=O)O)nc(OCC=O)nc4c3F)c12. The maximum Gasteiger partial charge on any atom is 0.407 e. The molecule has 2 N–H and O–H groups in total. The van der Waals surface area contributed by atoms with Crippen molar-refractivity contribution in [3.8, 4) is 23.0 Å². The average Bonchev–Trinajstić information content (AvgIpc) is 3.21. The molecule has 0 radical (unpaired) electrons.